The Balaban J connectivity index is 1.10. The van der Waals surface area contributed by atoms with Crippen LogP contribution < -0.4 is 11.1 Å². The molecule has 4 aromatic heterocycles. The fraction of sp³-hybridized carbons (Fsp3) is 0.421. The van der Waals surface area contributed by atoms with Gasteiger partial charge in [0.05, 0.1) is 12.9 Å². The minimum atomic E-state index is -1.25. The molecule has 0 saturated carbocycles. The molecule has 7 rings (SSSR count). The number of hydrogen-bond acceptors (Lipinski definition) is 19. The molecule has 8 atom stereocenters. The van der Waals surface area contributed by atoms with Crippen LogP contribution in [0.1, 0.15) is 49.4 Å². The number of esters is 3. The van der Waals surface area contributed by atoms with Crippen molar-refractivity contribution in [2.24, 2.45) is 0 Å². The molecule has 22 nitrogen and oxygen atoms in total. The van der Waals surface area contributed by atoms with E-state index in [1.807, 2.05) is 6.07 Å². The summed E-state index contributed by atoms with van der Waals surface area (Å²) in [6.07, 6.45) is -3.30. The summed E-state index contributed by atoms with van der Waals surface area (Å²) in [7, 11) is 3.05. The largest absolute Gasteiger partial charge is 0.463 e. The molecular weight excluding hydrogens is 788 g/mol. The average molecular weight is 829 g/mol. The Morgan fingerprint density at radius 1 is 0.783 bits per heavy atom. The zero-order chi connectivity index (χ0) is 42.5. The van der Waals surface area contributed by atoms with E-state index in [4.69, 9.17) is 43.6 Å². The second kappa shape index (κ2) is 18.1. The summed E-state index contributed by atoms with van der Waals surface area (Å²) in [5.74, 6) is 3.82. The first-order chi connectivity index (χ1) is 29.0. The molecule has 2 fully saturated rings. The van der Waals surface area contributed by atoms with Gasteiger partial charge in [0.15, 0.2) is 64.5 Å². The summed E-state index contributed by atoms with van der Waals surface area (Å²) in [5, 5.41) is 2.79. The van der Waals surface area contributed by atoms with Crippen LogP contribution in [0.3, 0.4) is 0 Å². The fourth-order valence-electron chi connectivity index (χ4n) is 7.00. The number of ether oxygens (including phenoxy) is 8. The predicted octanol–water partition coefficient (Wildman–Crippen LogP) is 1.12. The molecule has 2 aliphatic rings. The van der Waals surface area contributed by atoms with E-state index in [9.17, 15) is 19.2 Å². The quantitative estimate of drug-likeness (QED) is 0.0728. The van der Waals surface area contributed by atoms with Crippen LogP contribution in [0.15, 0.2) is 49.3 Å². The molecule has 2 saturated heterocycles. The molecule has 22 heteroatoms. The van der Waals surface area contributed by atoms with E-state index < -0.39 is 67.0 Å². The maximum Gasteiger partial charge on any atom is 0.303 e. The van der Waals surface area contributed by atoms with Crippen molar-refractivity contribution in [3.05, 3.63) is 60.7 Å². The Morgan fingerprint density at radius 3 is 2.18 bits per heavy atom. The lowest BCUT2D eigenvalue weighted by molar-refractivity contribution is -0.166. The standard InChI is InChI=1S/C38H40N10O12/c1-19(49)56-15-24-29(57-20(2)50)31(58-21(3)51)38(60-24)48-25(45-26-32(39)40-16-43-35(26)48)12-9-13-55-14-23-28(53-4)30(54-5)37(59-23)47-18-44-27-33(41-17-42-34(27)47)46-36(52)22-10-7-6-8-11-22/h6-8,10-11,16-18,23-24,28-31,37-38H,13-15H2,1-5H3,(H2,39,40,43)(H,41,42,46,52)/t23-,24-,28?,29?,30?,31?,37-,38-/m1/s1. The van der Waals surface area contributed by atoms with E-state index in [2.05, 4.69) is 47.1 Å². The van der Waals surface area contributed by atoms with E-state index in [1.54, 1.807) is 28.8 Å². The van der Waals surface area contributed by atoms with Crippen LogP contribution in [0.25, 0.3) is 22.3 Å². The average Bonchev–Trinajstić information content (AvgIpc) is 3.99. The summed E-state index contributed by atoms with van der Waals surface area (Å²) < 4.78 is 49.7. The van der Waals surface area contributed by atoms with Gasteiger partial charge in [-0.1, -0.05) is 24.1 Å². The monoisotopic (exact) mass is 828 g/mol. The topological polar surface area (TPSA) is 267 Å². The van der Waals surface area contributed by atoms with Gasteiger partial charge in [-0.3, -0.25) is 28.3 Å². The van der Waals surface area contributed by atoms with Crippen molar-refractivity contribution in [2.45, 2.75) is 69.9 Å². The number of nitrogens with one attached hydrogen (secondary N) is 1. The van der Waals surface area contributed by atoms with Crippen molar-refractivity contribution < 1.29 is 57.1 Å². The smallest absolute Gasteiger partial charge is 0.303 e. The number of nitrogen functional groups attached to an aromatic ring is 1. The molecule has 60 heavy (non-hydrogen) atoms. The molecule has 6 heterocycles. The van der Waals surface area contributed by atoms with Crippen LogP contribution in [-0.4, -0.2) is 134 Å². The van der Waals surface area contributed by atoms with Gasteiger partial charge in [0, 0.05) is 40.6 Å². The third-order valence-corrected chi connectivity index (χ3v) is 9.49. The van der Waals surface area contributed by atoms with Gasteiger partial charge in [-0.15, -0.1) is 0 Å². The molecule has 4 unspecified atom stereocenters. The summed E-state index contributed by atoms with van der Waals surface area (Å²) >= 11 is 0. The van der Waals surface area contributed by atoms with Crippen LogP contribution in [0, 0.1) is 11.8 Å². The van der Waals surface area contributed by atoms with Crippen LogP contribution in [0.2, 0.25) is 0 Å². The molecule has 0 bridgehead atoms. The van der Waals surface area contributed by atoms with Crippen LogP contribution in [-0.2, 0) is 52.3 Å². The lowest BCUT2D eigenvalue weighted by Gasteiger charge is -2.24. The number of methoxy groups -OCH3 is 2. The maximum atomic E-state index is 12.9. The van der Waals surface area contributed by atoms with E-state index in [1.165, 1.54) is 58.5 Å². The van der Waals surface area contributed by atoms with E-state index >= 15 is 0 Å². The van der Waals surface area contributed by atoms with E-state index in [-0.39, 0.29) is 54.4 Å². The number of imidazole rings is 2. The van der Waals surface area contributed by atoms with Crippen molar-refractivity contribution in [3.8, 4) is 11.8 Å². The lowest BCUT2D eigenvalue weighted by Crippen LogP contribution is -2.40. The third kappa shape index (κ3) is 8.56. The molecule has 314 valence electrons. The number of nitrogens with zero attached hydrogens (tertiary/aromatic N) is 8. The van der Waals surface area contributed by atoms with Gasteiger partial charge in [0.25, 0.3) is 5.91 Å². The first-order valence-corrected chi connectivity index (χ1v) is 18.4. The highest BCUT2D eigenvalue weighted by atomic mass is 16.7. The highest BCUT2D eigenvalue weighted by Crippen LogP contribution is 2.38. The molecule has 0 aliphatic carbocycles. The molecule has 0 radical (unpaired) electrons. The Morgan fingerprint density at radius 2 is 1.47 bits per heavy atom. The number of carbonyl (C=O) groups excluding carboxylic acids is 4. The second-order valence-electron chi connectivity index (χ2n) is 13.4. The van der Waals surface area contributed by atoms with Crippen LogP contribution >= 0.6 is 0 Å². The van der Waals surface area contributed by atoms with Crippen molar-refractivity contribution in [2.75, 3.05) is 45.1 Å². The SMILES string of the molecule is COC1C(OC)[C@@H](COCC#Cc2nc3c(N)ncnc3n2[C@@H]2O[C@H](COC(C)=O)C(OC(C)=O)C2OC(C)=O)O[C@H]1n1cnc2c(NC(=O)c3ccccc3)ncnc21. The van der Waals surface area contributed by atoms with Gasteiger partial charge in [0.2, 0.25) is 0 Å². The molecular formula is C38H40N10O12. The predicted molar refractivity (Wildman–Crippen MR) is 204 cm³/mol. The molecule has 5 aromatic rings. The Hall–Kier alpha value is -6.64. The van der Waals surface area contributed by atoms with Crippen molar-refractivity contribution in [1.82, 2.24) is 39.0 Å². The number of fused-ring (bicyclic) bond motifs is 2. The highest BCUT2D eigenvalue weighted by molar-refractivity contribution is 6.06. The third-order valence-electron chi connectivity index (χ3n) is 9.49. The first kappa shape index (κ1) is 41.5. The zero-order valence-electron chi connectivity index (χ0n) is 32.9. The molecule has 3 N–H and O–H groups in total. The number of hydrogen-bond donors (Lipinski definition) is 2. The zero-order valence-corrected chi connectivity index (χ0v) is 32.9. The summed E-state index contributed by atoms with van der Waals surface area (Å²) in [5.41, 5.74) is 7.67. The fourth-order valence-corrected chi connectivity index (χ4v) is 7.00. The summed E-state index contributed by atoms with van der Waals surface area (Å²) in [6, 6.07) is 8.70. The van der Waals surface area contributed by atoms with Gasteiger partial charge in [-0.2, -0.15) is 0 Å². The maximum absolute atomic E-state index is 12.9. The number of nitrogens with two attached hydrogens (primary N) is 1. The molecule has 1 amide bonds. The van der Waals surface area contributed by atoms with Crippen LogP contribution in [0.4, 0.5) is 11.6 Å². The Kier molecular flexibility index (Phi) is 12.5. The second-order valence-corrected chi connectivity index (χ2v) is 13.4. The number of amides is 1. The Bertz CT molecular complexity index is 2450. The minimum Gasteiger partial charge on any atom is -0.463 e. The van der Waals surface area contributed by atoms with Gasteiger partial charge in [-0.25, -0.2) is 29.9 Å². The molecule has 0 spiro atoms. The Labute approximate surface area is 341 Å². The van der Waals surface area contributed by atoms with Crippen molar-refractivity contribution in [3.63, 3.8) is 0 Å². The van der Waals surface area contributed by atoms with Crippen LogP contribution in [0.5, 0.6) is 0 Å². The van der Waals surface area contributed by atoms with E-state index in [0.717, 1.165) is 0 Å². The minimum absolute atomic E-state index is 0.0144. The normalized spacial score (nSPS) is 23.6. The summed E-state index contributed by atoms with van der Waals surface area (Å²) in [6.45, 7) is 3.14. The van der Waals surface area contributed by atoms with Crippen molar-refractivity contribution in [1.29, 1.82) is 0 Å². The van der Waals surface area contributed by atoms with Gasteiger partial charge in [-0.05, 0) is 18.1 Å². The number of anilines is 2. The highest BCUT2D eigenvalue weighted by Gasteiger charge is 2.52. The number of benzene rings is 1. The van der Waals surface area contributed by atoms with Gasteiger partial charge >= 0.3 is 17.9 Å². The lowest BCUT2D eigenvalue weighted by atomic mass is 10.1. The van der Waals surface area contributed by atoms with Gasteiger partial charge in [0.1, 0.15) is 50.3 Å². The first-order valence-electron chi connectivity index (χ1n) is 18.4. The van der Waals surface area contributed by atoms with Crippen molar-refractivity contribution >= 4 is 57.8 Å². The number of carbonyl (C=O) groups is 4. The number of aromatic nitrogens is 8. The number of rotatable bonds is 13. The van der Waals surface area contributed by atoms with Gasteiger partial charge < -0.3 is 48.9 Å². The molecule has 1 aromatic carbocycles. The molecule has 2 aliphatic heterocycles. The summed E-state index contributed by atoms with van der Waals surface area (Å²) in [4.78, 5) is 75.1. The van der Waals surface area contributed by atoms with E-state index in [0.29, 0.717) is 16.7 Å².